The highest BCUT2D eigenvalue weighted by atomic mass is 35.5. The summed E-state index contributed by atoms with van der Waals surface area (Å²) in [7, 11) is 0. The maximum absolute atomic E-state index is 11.2. The van der Waals surface area contributed by atoms with Crippen molar-refractivity contribution >= 4 is 40.3 Å². The normalized spacial score (nSPS) is 10.8. The molecule has 0 aliphatic rings. The van der Waals surface area contributed by atoms with Crippen LogP contribution < -0.4 is 5.73 Å². The van der Waals surface area contributed by atoms with E-state index in [1.165, 1.54) is 6.07 Å². The van der Waals surface area contributed by atoms with Crippen LogP contribution in [0, 0.1) is 10.1 Å². The monoisotopic (exact) mass is 402 g/mol. The predicted molar refractivity (Wildman–Crippen MR) is 107 cm³/mol. The molecule has 0 aromatic heterocycles. The summed E-state index contributed by atoms with van der Waals surface area (Å²) in [6, 6.07) is 8.68. The molecule has 9 heteroatoms. The van der Waals surface area contributed by atoms with Gasteiger partial charge >= 0.3 is 5.97 Å². The molecule has 0 heterocycles. The van der Waals surface area contributed by atoms with Crippen molar-refractivity contribution in [1.82, 2.24) is 0 Å². The summed E-state index contributed by atoms with van der Waals surface area (Å²) in [4.78, 5) is 21.6. The van der Waals surface area contributed by atoms with Crippen molar-refractivity contribution in [2.24, 2.45) is 10.2 Å². The van der Waals surface area contributed by atoms with Crippen molar-refractivity contribution in [3.8, 4) is 0 Å². The molecule has 0 atom stereocenters. The van der Waals surface area contributed by atoms with E-state index in [-0.39, 0.29) is 28.7 Å². The van der Waals surface area contributed by atoms with Crippen LogP contribution in [0.25, 0.3) is 0 Å². The summed E-state index contributed by atoms with van der Waals surface area (Å²) in [5.41, 5.74) is 7.92. The van der Waals surface area contributed by atoms with Gasteiger partial charge in [-0.05, 0) is 30.2 Å². The molecule has 0 spiro atoms. The zero-order chi connectivity index (χ0) is 20.7. The lowest BCUT2D eigenvalue weighted by Crippen LogP contribution is -2.04. The second kappa shape index (κ2) is 9.61. The van der Waals surface area contributed by atoms with E-state index in [1.807, 2.05) is 12.1 Å². The third-order valence-corrected chi connectivity index (χ3v) is 4.29. The van der Waals surface area contributed by atoms with Gasteiger partial charge in [-0.3, -0.25) is 10.1 Å². The Balaban J connectivity index is 2.15. The predicted octanol–water partition coefficient (Wildman–Crippen LogP) is 5.08. The molecule has 0 radical (unpaired) electrons. The molecule has 2 N–H and O–H groups in total. The van der Waals surface area contributed by atoms with E-state index in [0.717, 1.165) is 11.6 Å². The fourth-order valence-corrected chi connectivity index (χ4v) is 2.70. The van der Waals surface area contributed by atoms with E-state index in [4.69, 9.17) is 22.1 Å². The maximum Gasteiger partial charge on any atom is 0.330 e. The minimum Gasteiger partial charge on any atom is -0.462 e. The van der Waals surface area contributed by atoms with Crippen LogP contribution in [0.5, 0.6) is 0 Å². The number of nitrogens with zero attached hydrogens (tertiary/aromatic N) is 3. The summed E-state index contributed by atoms with van der Waals surface area (Å²) in [5, 5.41) is 19.2. The van der Waals surface area contributed by atoms with Crippen molar-refractivity contribution < 1.29 is 14.5 Å². The van der Waals surface area contributed by atoms with Crippen LogP contribution in [0.1, 0.15) is 18.1 Å². The number of halogens is 1. The standard InChI is InChI=1S/C19H19ClN4O4/c1-3-13-11-15(18(21)17(20)19(13)24(26)27)23-22-14-7-5-12(6-8-14)9-10-28-16(25)4-2/h4-8,11H,2-3,9-10,21H2,1H3. The number of nitro groups is 1. The number of aryl methyl sites for hydroxylation is 1. The zero-order valence-corrected chi connectivity index (χ0v) is 16.0. The highest BCUT2D eigenvalue weighted by molar-refractivity contribution is 6.36. The molecule has 8 nitrogen and oxygen atoms in total. The quantitative estimate of drug-likeness (QED) is 0.165. The third-order valence-electron chi connectivity index (χ3n) is 3.91. The van der Waals surface area contributed by atoms with Gasteiger partial charge in [0, 0.05) is 18.1 Å². The number of nitro benzene ring substituents is 1. The molecule has 2 aromatic carbocycles. The van der Waals surface area contributed by atoms with Crippen LogP contribution in [0.15, 0.2) is 53.2 Å². The van der Waals surface area contributed by atoms with Gasteiger partial charge in [0.05, 0.1) is 22.9 Å². The van der Waals surface area contributed by atoms with Crippen LogP contribution in [0.4, 0.5) is 22.7 Å². The van der Waals surface area contributed by atoms with E-state index in [0.29, 0.717) is 24.1 Å². The van der Waals surface area contributed by atoms with Crippen LogP contribution in [0.2, 0.25) is 5.02 Å². The molecule has 2 aromatic rings. The number of nitrogens with two attached hydrogens (primary N) is 1. The van der Waals surface area contributed by atoms with E-state index in [1.54, 1.807) is 19.1 Å². The van der Waals surface area contributed by atoms with E-state index >= 15 is 0 Å². The second-order valence-corrected chi connectivity index (χ2v) is 6.11. The van der Waals surface area contributed by atoms with Crippen molar-refractivity contribution in [3.63, 3.8) is 0 Å². The van der Waals surface area contributed by atoms with Gasteiger partial charge in [-0.15, -0.1) is 5.11 Å². The number of anilines is 1. The molecule has 146 valence electrons. The fraction of sp³-hybridized carbons (Fsp3) is 0.211. The molecule has 0 bridgehead atoms. The number of nitrogen functional groups attached to an aromatic ring is 1. The summed E-state index contributed by atoms with van der Waals surface area (Å²) in [6.07, 6.45) is 2.08. The number of benzene rings is 2. The van der Waals surface area contributed by atoms with Gasteiger partial charge in [0.25, 0.3) is 5.69 Å². The Bertz CT molecular complexity index is 927. The molecular weight excluding hydrogens is 384 g/mol. The number of carbonyl (C=O) groups excluding carboxylic acids is 1. The van der Waals surface area contributed by atoms with Gasteiger partial charge in [-0.2, -0.15) is 5.11 Å². The van der Waals surface area contributed by atoms with Crippen molar-refractivity contribution in [2.75, 3.05) is 12.3 Å². The average molecular weight is 403 g/mol. The lowest BCUT2D eigenvalue weighted by atomic mass is 10.1. The molecule has 28 heavy (non-hydrogen) atoms. The number of hydrogen-bond donors (Lipinski definition) is 1. The number of rotatable bonds is 8. The molecule has 0 saturated carbocycles. The summed E-state index contributed by atoms with van der Waals surface area (Å²) in [5.74, 6) is -0.462. The first-order chi connectivity index (χ1) is 13.4. The molecule has 2 rings (SSSR count). The Morgan fingerprint density at radius 1 is 1.36 bits per heavy atom. The highest BCUT2D eigenvalue weighted by Crippen LogP contribution is 2.41. The van der Waals surface area contributed by atoms with Crippen LogP contribution in [-0.2, 0) is 22.4 Å². The Morgan fingerprint density at radius 3 is 2.61 bits per heavy atom. The van der Waals surface area contributed by atoms with E-state index < -0.39 is 10.9 Å². The average Bonchev–Trinajstić information content (AvgIpc) is 2.69. The Hall–Kier alpha value is -3.26. The summed E-state index contributed by atoms with van der Waals surface area (Å²) >= 11 is 6.05. The van der Waals surface area contributed by atoms with Gasteiger partial charge in [0.15, 0.2) is 0 Å². The minimum atomic E-state index is -0.552. The zero-order valence-electron chi connectivity index (χ0n) is 15.2. The third kappa shape index (κ3) is 5.14. The summed E-state index contributed by atoms with van der Waals surface area (Å²) in [6.45, 7) is 5.36. The molecule has 0 saturated heterocycles. The number of esters is 1. The van der Waals surface area contributed by atoms with Crippen molar-refractivity contribution in [2.45, 2.75) is 19.8 Å². The van der Waals surface area contributed by atoms with Crippen molar-refractivity contribution in [1.29, 1.82) is 0 Å². The number of ether oxygens (including phenoxy) is 1. The first-order valence-corrected chi connectivity index (χ1v) is 8.80. The van der Waals surface area contributed by atoms with E-state index in [9.17, 15) is 14.9 Å². The van der Waals surface area contributed by atoms with Crippen molar-refractivity contribution in [3.05, 3.63) is 69.3 Å². The fourth-order valence-electron chi connectivity index (χ4n) is 2.41. The Morgan fingerprint density at radius 2 is 2.04 bits per heavy atom. The first-order valence-electron chi connectivity index (χ1n) is 8.42. The van der Waals surface area contributed by atoms with E-state index in [2.05, 4.69) is 16.8 Å². The minimum absolute atomic E-state index is 0.00923. The first kappa shape index (κ1) is 21.0. The second-order valence-electron chi connectivity index (χ2n) is 5.73. The molecular formula is C19H19ClN4O4. The number of azo groups is 1. The lowest BCUT2D eigenvalue weighted by molar-refractivity contribution is -0.385. The van der Waals surface area contributed by atoms with Gasteiger partial charge in [0.1, 0.15) is 10.7 Å². The number of carbonyl (C=O) groups is 1. The largest absolute Gasteiger partial charge is 0.462 e. The molecule has 0 aliphatic heterocycles. The Labute approximate surface area is 166 Å². The molecule has 0 fully saturated rings. The number of hydrogen-bond acceptors (Lipinski definition) is 7. The Kier molecular flexibility index (Phi) is 7.22. The smallest absolute Gasteiger partial charge is 0.330 e. The SMILES string of the molecule is C=CC(=O)OCCc1ccc(N=Nc2cc(CC)c([N+](=O)[O-])c(Cl)c2N)cc1. The summed E-state index contributed by atoms with van der Waals surface area (Å²) < 4.78 is 4.93. The maximum atomic E-state index is 11.2. The highest BCUT2D eigenvalue weighted by Gasteiger charge is 2.23. The van der Waals surface area contributed by atoms with Crippen LogP contribution >= 0.6 is 11.6 Å². The molecule has 0 aliphatic carbocycles. The topological polar surface area (TPSA) is 120 Å². The van der Waals surface area contributed by atoms with Gasteiger partial charge in [0.2, 0.25) is 0 Å². The van der Waals surface area contributed by atoms with Crippen LogP contribution in [-0.4, -0.2) is 17.5 Å². The van der Waals surface area contributed by atoms with Gasteiger partial charge < -0.3 is 10.5 Å². The van der Waals surface area contributed by atoms with Gasteiger partial charge in [-0.1, -0.05) is 37.2 Å². The lowest BCUT2D eigenvalue weighted by Gasteiger charge is -2.07. The molecule has 0 unspecified atom stereocenters. The van der Waals surface area contributed by atoms with Crippen LogP contribution in [0.3, 0.4) is 0 Å². The molecule has 0 amide bonds. The van der Waals surface area contributed by atoms with Gasteiger partial charge in [-0.25, -0.2) is 4.79 Å².